The number of nitrogens with one attached hydrogen (secondary N) is 1. The van der Waals surface area contributed by atoms with E-state index in [1.165, 1.54) is 45.6 Å². The van der Waals surface area contributed by atoms with E-state index in [0.717, 1.165) is 38.1 Å². The van der Waals surface area contributed by atoms with Crippen molar-refractivity contribution in [1.82, 2.24) is 5.32 Å². The lowest BCUT2D eigenvalue weighted by molar-refractivity contribution is -0.140. The van der Waals surface area contributed by atoms with Crippen molar-refractivity contribution in [3.8, 4) is 0 Å². The number of unbranched alkanes of at least 4 members (excludes halogenated alkanes) is 2. The van der Waals surface area contributed by atoms with Crippen LogP contribution >= 0.6 is 0 Å². The first-order valence-corrected chi connectivity index (χ1v) is 8.56. The summed E-state index contributed by atoms with van der Waals surface area (Å²) in [6.07, 6.45) is 13.0. The van der Waals surface area contributed by atoms with E-state index in [1.807, 2.05) is 0 Å². The second-order valence-electron chi connectivity index (χ2n) is 6.13. The molecule has 21 heavy (non-hydrogen) atoms. The van der Waals surface area contributed by atoms with E-state index < -0.39 is 0 Å². The minimum Gasteiger partial charge on any atom is -0.469 e. The summed E-state index contributed by atoms with van der Waals surface area (Å²) < 4.78 is 4.58. The number of carbonyl (C=O) groups is 2. The number of ether oxygens (including phenoxy) is 1. The van der Waals surface area contributed by atoms with E-state index in [2.05, 4.69) is 10.1 Å². The maximum atomic E-state index is 11.7. The van der Waals surface area contributed by atoms with Crippen molar-refractivity contribution in [3.05, 3.63) is 0 Å². The van der Waals surface area contributed by atoms with Gasteiger partial charge in [0.1, 0.15) is 0 Å². The lowest BCUT2D eigenvalue weighted by atomic mass is 9.86. The van der Waals surface area contributed by atoms with Crippen LogP contribution in [0.4, 0.5) is 0 Å². The number of methoxy groups -OCH3 is 1. The number of rotatable bonds is 10. The van der Waals surface area contributed by atoms with Gasteiger partial charge in [-0.3, -0.25) is 9.59 Å². The molecule has 0 bridgehead atoms. The molecule has 0 aliphatic heterocycles. The third kappa shape index (κ3) is 9.48. The molecule has 4 nitrogen and oxygen atoms in total. The third-order valence-corrected chi connectivity index (χ3v) is 4.35. The molecule has 1 aliphatic rings. The van der Waals surface area contributed by atoms with Crippen molar-refractivity contribution >= 4 is 11.9 Å². The Hall–Kier alpha value is -1.06. The zero-order chi connectivity index (χ0) is 15.3. The maximum absolute atomic E-state index is 11.7. The van der Waals surface area contributed by atoms with Crippen molar-refractivity contribution in [2.45, 2.75) is 77.0 Å². The summed E-state index contributed by atoms with van der Waals surface area (Å²) in [5.41, 5.74) is 0. The second-order valence-corrected chi connectivity index (χ2v) is 6.13. The van der Waals surface area contributed by atoms with Crippen molar-refractivity contribution in [3.63, 3.8) is 0 Å². The van der Waals surface area contributed by atoms with Crippen LogP contribution in [0.25, 0.3) is 0 Å². The molecule has 0 radical (unpaired) electrons. The first-order chi connectivity index (χ1) is 10.2. The van der Waals surface area contributed by atoms with Crippen molar-refractivity contribution in [2.75, 3.05) is 13.7 Å². The Morgan fingerprint density at radius 2 is 1.76 bits per heavy atom. The minimum absolute atomic E-state index is 0.151. The van der Waals surface area contributed by atoms with E-state index >= 15 is 0 Å². The van der Waals surface area contributed by atoms with Gasteiger partial charge in [0.25, 0.3) is 0 Å². The van der Waals surface area contributed by atoms with Crippen LogP contribution in [-0.2, 0) is 14.3 Å². The molecule has 1 N–H and O–H groups in total. The summed E-state index contributed by atoms with van der Waals surface area (Å²) in [4.78, 5) is 22.6. The van der Waals surface area contributed by atoms with Gasteiger partial charge in [-0.05, 0) is 31.6 Å². The number of hydrogen-bond donors (Lipinski definition) is 1. The Morgan fingerprint density at radius 3 is 2.48 bits per heavy atom. The molecule has 0 heterocycles. The Morgan fingerprint density at radius 1 is 1.00 bits per heavy atom. The first-order valence-electron chi connectivity index (χ1n) is 8.56. The van der Waals surface area contributed by atoms with E-state index in [-0.39, 0.29) is 11.9 Å². The van der Waals surface area contributed by atoms with Crippen LogP contribution < -0.4 is 5.32 Å². The Balaban J connectivity index is 1.88. The fraction of sp³-hybridized carbons (Fsp3) is 0.882. The summed E-state index contributed by atoms with van der Waals surface area (Å²) in [5.74, 6) is 0.894. The van der Waals surface area contributed by atoms with Crippen LogP contribution in [0, 0.1) is 5.92 Å². The average Bonchev–Trinajstić information content (AvgIpc) is 2.51. The summed E-state index contributed by atoms with van der Waals surface area (Å²) in [6.45, 7) is 0.726. The van der Waals surface area contributed by atoms with Crippen LogP contribution in [0.15, 0.2) is 0 Å². The van der Waals surface area contributed by atoms with E-state index in [0.29, 0.717) is 12.8 Å². The summed E-state index contributed by atoms with van der Waals surface area (Å²) in [5, 5.41) is 2.97. The summed E-state index contributed by atoms with van der Waals surface area (Å²) >= 11 is 0. The molecule has 0 aromatic rings. The standard InChI is InChI=1S/C17H31NO3/c1-21-17(20)13-6-3-7-14-18-16(19)12-8-11-15-9-4-2-5-10-15/h15H,2-14H2,1H3,(H,18,19). The molecule has 1 fully saturated rings. The average molecular weight is 297 g/mol. The molecule has 122 valence electrons. The van der Waals surface area contributed by atoms with Gasteiger partial charge in [-0.15, -0.1) is 0 Å². The Bertz CT molecular complexity index is 298. The summed E-state index contributed by atoms with van der Waals surface area (Å²) in [7, 11) is 1.41. The van der Waals surface area contributed by atoms with Crippen molar-refractivity contribution in [2.24, 2.45) is 5.92 Å². The van der Waals surface area contributed by atoms with Gasteiger partial charge in [-0.2, -0.15) is 0 Å². The van der Waals surface area contributed by atoms with Gasteiger partial charge in [0, 0.05) is 19.4 Å². The molecule has 4 heteroatoms. The van der Waals surface area contributed by atoms with Gasteiger partial charge in [0.05, 0.1) is 7.11 Å². The molecule has 0 aromatic heterocycles. The van der Waals surface area contributed by atoms with Gasteiger partial charge in [0.2, 0.25) is 5.91 Å². The highest BCUT2D eigenvalue weighted by molar-refractivity contribution is 5.75. The number of hydrogen-bond acceptors (Lipinski definition) is 3. The fourth-order valence-corrected chi connectivity index (χ4v) is 3.02. The zero-order valence-corrected chi connectivity index (χ0v) is 13.5. The lowest BCUT2D eigenvalue weighted by Crippen LogP contribution is -2.24. The van der Waals surface area contributed by atoms with Gasteiger partial charge in [-0.25, -0.2) is 0 Å². The van der Waals surface area contributed by atoms with Gasteiger partial charge < -0.3 is 10.1 Å². The number of carbonyl (C=O) groups excluding carboxylic acids is 2. The van der Waals surface area contributed by atoms with Crippen LogP contribution in [-0.4, -0.2) is 25.5 Å². The monoisotopic (exact) mass is 297 g/mol. The number of amides is 1. The van der Waals surface area contributed by atoms with Crippen LogP contribution in [0.2, 0.25) is 0 Å². The summed E-state index contributed by atoms with van der Waals surface area (Å²) in [6, 6.07) is 0. The predicted octanol–water partition coefficient (Wildman–Crippen LogP) is 3.59. The van der Waals surface area contributed by atoms with Crippen molar-refractivity contribution < 1.29 is 14.3 Å². The normalized spacial score (nSPS) is 15.7. The highest BCUT2D eigenvalue weighted by Crippen LogP contribution is 2.27. The van der Waals surface area contributed by atoms with Crippen LogP contribution in [0.3, 0.4) is 0 Å². The second kappa shape index (κ2) is 11.6. The zero-order valence-electron chi connectivity index (χ0n) is 13.5. The molecule has 0 spiro atoms. The van der Waals surface area contributed by atoms with Gasteiger partial charge in [-0.1, -0.05) is 38.5 Å². The molecule has 0 atom stereocenters. The number of esters is 1. The largest absolute Gasteiger partial charge is 0.469 e. The topological polar surface area (TPSA) is 55.4 Å². The molecular formula is C17H31NO3. The van der Waals surface area contributed by atoms with Crippen LogP contribution in [0.5, 0.6) is 0 Å². The van der Waals surface area contributed by atoms with Gasteiger partial charge in [0.15, 0.2) is 0 Å². The molecule has 0 saturated heterocycles. The molecular weight excluding hydrogens is 266 g/mol. The first kappa shape index (κ1) is 18.0. The minimum atomic E-state index is -0.151. The van der Waals surface area contributed by atoms with Gasteiger partial charge >= 0.3 is 5.97 Å². The highest BCUT2D eigenvalue weighted by Gasteiger charge is 2.13. The predicted molar refractivity (Wildman–Crippen MR) is 83.9 cm³/mol. The molecule has 1 rings (SSSR count). The quantitative estimate of drug-likeness (QED) is 0.495. The Labute approximate surface area is 129 Å². The third-order valence-electron chi connectivity index (χ3n) is 4.35. The lowest BCUT2D eigenvalue weighted by Gasteiger charge is -2.21. The highest BCUT2D eigenvalue weighted by atomic mass is 16.5. The molecule has 0 aromatic carbocycles. The molecule has 1 aliphatic carbocycles. The Kier molecular flexibility index (Phi) is 9.92. The molecule has 0 unspecified atom stereocenters. The fourth-order valence-electron chi connectivity index (χ4n) is 3.02. The maximum Gasteiger partial charge on any atom is 0.305 e. The van der Waals surface area contributed by atoms with Crippen LogP contribution in [0.1, 0.15) is 77.0 Å². The molecule has 1 amide bonds. The van der Waals surface area contributed by atoms with E-state index in [4.69, 9.17) is 0 Å². The smallest absolute Gasteiger partial charge is 0.305 e. The van der Waals surface area contributed by atoms with E-state index in [9.17, 15) is 9.59 Å². The van der Waals surface area contributed by atoms with E-state index in [1.54, 1.807) is 0 Å². The molecule has 1 saturated carbocycles. The SMILES string of the molecule is COC(=O)CCCCCNC(=O)CCCC1CCCCC1. The van der Waals surface area contributed by atoms with Crippen molar-refractivity contribution in [1.29, 1.82) is 0 Å².